The molecule has 2 heteroatoms. The Morgan fingerprint density at radius 1 is 1.40 bits per heavy atom. The van der Waals surface area contributed by atoms with E-state index < -0.39 is 5.97 Å². The Balaban J connectivity index is 2.47. The molecule has 1 aliphatic carbocycles. The molecule has 0 amide bonds. The van der Waals surface area contributed by atoms with E-state index in [9.17, 15) is 4.79 Å². The molecule has 0 bridgehead atoms. The fourth-order valence-corrected chi connectivity index (χ4v) is 1.68. The summed E-state index contributed by atoms with van der Waals surface area (Å²) in [6.45, 7) is 2.04. The van der Waals surface area contributed by atoms with Gasteiger partial charge in [-0.25, -0.2) is 0 Å². The molecule has 0 saturated heterocycles. The topological polar surface area (TPSA) is 37.3 Å². The van der Waals surface area contributed by atoms with Gasteiger partial charge in [-0.05, 0) is 18.8 Å². The van der Waals surface area contributed by atoms with Gasteiger partial charge in [-0.2, -0.15) is 0 Å². The molecule has 0 aliphatic heterocycles. The highest BCUT2D eigenvalue weighted by Crippen LogP contribution is 2.29. The number of carboxylic acid groups (broad SMARTS) is 1. The van der Waals surface area contributed by atoms with Gasteiger partial charge in [0.25, 0.3) is 0 Å². The number of hydrogen-bond donors (Lipinski definition) is 1. The van der Waals surface area contributed by atoms with Crippen molar-refractivity contribution in [3.63, 3.8) is 0 Å². The van der Waals surface area contributed by atoms with Crippen LogP contribution in [-0.4, -0.2) is 11.1 Å². The van der Waals surface area contributed by atoms with Gasteiger partial charge in [-0.1, -0.05) is 19.8 Å². The van der Waals surface area contributed by atoms with Crippen LogP contribution in [0.15, 0.2) is 0 Å². The van der Waals surface area contributed by atoms with Crippen molar-refractivity contribution in [3.05, 3.63) is 0 Å². The number of carboxylic acids is 1. The molecule has 0 aromatic carbocycles. The first-order chi connectivity index (χ1) is 4.72. The third-order valence-corrected chi connectivity index (χ3v) is 2.43. The lowest BCUT2D eigenvalue weighted by Gasteiger charge is -2.24. The van der Waals surface area contributed by atoms with Crippen LogP contribution in [0, 0.1) is 11.8 Å². The van der Waals surface area contributed by atoms with Crippen molar-refractivity contribution in [2.75, 3.05) is 0 Å². The van der Waals surface area contributed by atoms with E-state index in [0.29, 0.717) is 5.92 Å². The third kappa shape index (κ3) is 1.49. The van der Waals surface area contributed by atoms with Gasteiger partial charge in [-0.15, -0.1) is 0 Å². The van der Waals surface area contributed by atoms with Gasteiger partial charge in [0.15, 0.2) is 0 Å². The van der Waals surface area contributed by atoms with Gasteiger partial charge in [0, 0.05) is 0 Å². The first-order valence-corrected chi connectivity index (χ1v) is 3.94. The van der Waals surface area contributed by atoms with Gasteiger partial charge in [0.2, 0.25) is 0 Å². The number of aliphatic carboxylic acids is 1. The average molecular weight is 142 g/mol. The molecule has 0 unspecified atom stereocenters. The average Bonchev–Trinajstić information content (AvgIpc) is 1.88. The highest BCUT2D eigenvalue weighted by molar-refractivity contribution is 5.70. The Morgan fingerprint density at radius 3 is 2.40 bits per heavy atom. The van der Waals surface area contributed by atoms with Crippen LogP contribution in [0.3, 0.4) is 0 Å². The summed E-state index contributed by atoms with van der Waals surface area (Å²) in [5.41, 5.74) is 0. The van der Waals surface area contributed by atoms with Crippen LogP contribution in [0.5, 0.6) is 0 Å². The molecule has 0 heterocycles. The van der Waals surface area contributed by atoms with Crippen LogP contribution in [0.2, 0.25) is 0 Å². The predicted molar refractivity (Wildman–Crippen MR) is 38.8 cm³/mol. The Labute approximate surface area is 61.2 Å². The highest BCUT2D eigenvalue weighted by Gasteiger charge is 2.26. The summed E-state index contributed by atoms with van der Waals surface area (Å²) in [7, 11) is 0. The van der Waals surface area contributed by atoms with E-state index >= 15 is 0 Å². The van der Waals surface area contributed by atoms with Crippen molar-refractivity contribution in [3.8, 4) is 0 Å². The molecular weight excluding hydrogens is 128 g/mol. The number of carbonyl (C=O) groups is 1. The molecule has 0 aromatic heterocycles. The summed E-state index contributed by atoms with van der Waals surface area (Å²) in [5, 5.41) is 8.71. The molecule has 2 atom stereocenters. The van der Waals surface area contributed by atoms with Crippen molar-refractivity contribution in [1.82, 2.24) is 0 Å². The molecular formula is C8H14O2. The zero-order chi connectivity index (χ0) is 7.56. The van der Waals surface area contributed by atoms with Crippen molar-refractivity contribution in [2.45, 2.75) is 32.6 Å². The van der Waals surface area contributed by atoms with E-state index in [2.05, 4.69) is 0 Å². The van der Waals surface area contributed by atoms with E-state index in [4.69, 9.17) is 5.11 Å². The first kappa shape index (κ1) is 7.58. The Hall–Kier alpha value is -0.530. The standard InChI is InChI=1S/C8H14O2/c1-6-4-2-3-5-7(6)8(9)10/h6-7H,2-5H2,1H3,(H,9,10)/t6-,7-/m0/s1. The van der Waals surface area contributed by atoms with E-state index in [0.717, 1.165) is 19.3 Å². The lowest BCUT2D eigenvalue weighted by atomic mass is 9.81. The maximum Gasteiger partial charge on any atom is 0.306 e. The Morgan fingerprint density at radius 2 is 2.00 bits per heavy atom. The van der Waals surface area contributed by atoms with Gasteiger partial charge in [-0.3, -0.25) is 4.79 Å². The van der Waals surface area contributed by atoms with Crippen LogP contribution in [0.1, 0.15) is 32.6 Å². The van der Waals surface area contributed by atoms with Gasteiger partial charge in [0.1, 0.15) is 0 Å². The Kier molecular flexibility index (Phi) is 2.30. The molecule has 0 spiro atoms. The second-order valence-corrected chi connectivity index (χ2v) is 3.21. The summed E-state index contributed by atoms with van der Waals surface area (Å²) in [5.74, 6) is -0.271. The fourth-order valence-electron chi connectivity index (χ4n) is 1.68. The minimum Gasteiger partial charge on any atom is -0.481 e. The van der Waals surface area contributed by atoms with Crippen molar-refractivity contribution < 1.29 is 9.90 Å². The lowest BCUT2D eigenvalue weighted by molar-refractivity contribution is -0.144. The molecule has 1 fully saturated rings. The van der Waals surface area contributed by atoms with Crippen LogP contribution >= 0.6 is 0 Å². The SMILES string of the molecule is C[C@H]1CCCC[C@@H]1C(=O)O. The smallest absolute Gasteiger partial charge is 0.306 e. The second kappa shape index (κ2) is 3.04. The van der Waals surface area contributed by atoms with E-state index in [1.165, 1.54) is 6.42 Å². The lowest BCUT2D eigenvalue weighted by Crippen LogP contribution is -2.24. The zero-order valence-corrected chi connectivity index (χ0v) is 6.34. The van der Waals surface area contributed by atoms with Crippen LogP contribution in [0.25, 0.3) is 0 Å². The van der Waals surface area contributed by atoms with Gasteiger partial charge in [0.05, 0.1) is 5.92 Å². The van der Waals surface area contributed by atoms with Crippen LogP contribution in [-0.2, 0) is 4.79 Å². The minimum absolute atomic E-state index is 0.0613. The van der Waals surface area contributed by atoms with Crippen LogP contribution < -0.4 is 0 Å². The van der Waals surface area contributed by atoms with Gasteiger partial charge < -0.3 is 5.11 Å². The largest absolute Gasteiger partial charge is 0.481 e. The third-order valence-electron chi connectivity index (χ3n) is 2.43. The molecule has 0 radical (unpaired) electrons. The quantitative estimate of drug-likeness (QED) is 0.607. The molecule has 10 heavy (non-hydrogen) atoms. The summed E-state index contributed by atoms with van der Waals surface area (Å²) in [6.07, 6.45) is 4.29. The van der Waals surface area contributed by atoms with Gasteiger partial charge >= 0.3 is 5.97 Å². The molecule has 1 aliphatic rings. The minimum atomic E-state index is -0.604. The van der Waals surface area contributed by atoms with E-state index in [1.54, 1.807) is 0 Å². The molecule has 1 rings (SSSR count). The molecule has 1 saturated carbocycles. The summed E-state index contributed by atoms with van der Waals surface area (Å²) < 4.78 is 0. The molecule has 0 aromatic rings. The summed E-state index contributed by atoms with van der Waals surface area (Å²) >= 11 is 0. The summed E-state index contributed by atoms with van der Waals surface area (Å²) in [6, 6.07) is 0. The normalized spacial score (nSPS) is 33.7. The molecule has 58 valence electrons. The van der Waals surface area contributed by atoms with E-state index in [-0.39, 0.29) is 5.92 Å². The second-order valence-electron chi connectivity index (χ2n) is 3.21. The maximum absolute atomic E-state index is 10.6. The van der Waals surface area contributed by atoms with Crippen molar-refractivity contribution >= 4 is 5.97 Å². The number of hydrogen-bond acceptors (Lipinski definition) is 1. The zero-order valence-electron chi connectivity index (χ0n) is 6.34. The molecule has 1 N–H and O–H groups in total. The molecule has 2 nitrogen and oxygen atoms in total. The van der Waals surface area contributed by atoms with Crippen LogP contribution in [0.4, 0.5) is 0 Å². The number of rotatable bonds is 1. The first-order valence-electron chi connectivity index (χ1n) is 3.94. The van der Waals surface area contributed by atoms with Crippen molar-refractivity contribution in [1.29, 1.82) is 0 Å². The fraction of sp³-hybridized carbons (Fsp3) is 0.875. The Bertz CT molecular complexity index is 131. The van der Waals surface area contributed by atoms with E-state index in [1.807, 2.05) is 6.92 Å². The maximum atomic E-state index is 10.6. The van der Waals surface area contributed by atoms with Crippen molar-refractivity contribution in [2.24, 2.45) is 11.8 Å². The monoisotopic (exact) mass is 142 g/mol. The highest BCUT2D eigenvalue weighted by atomic mass is 16.4. The predicted octanol–water partition coefficient (Wildman–Crippen LogP) is 1.90. The summed E-state index contributed by atoms with van der Waals surface area (Å²) in [4.78, 5) is 10.6.